The maximum atomic E-state index is 13.1. The van der Waals surface area contributed by atoms with Crippen LogP contribution in [0.2, 0.25) is 0 Å². The minimum absolute atomic E-state index is 0.122. The first-order chi connectivity index (χ1) is 10.8. The third-order valence-electron chi connectivity index (χ3n) is 3.08. The molecule has 0 bridgehead atoms. The number of nitrogens with zero attached hydrogens (tertiary/aromatic N) is 3. The van der Waals surface area contributed by atoms with E-state index in [1.807, 2.05) is 0 Å². The summed E-state index contributed by atoms with van der Waals surface area (Å²) in [7, 11) is -0.121. The van der Waals surface area contributed by atoms with Crippen molar-refractivity contribution < 1.29 is 13.9 Å². The number of hydrogen-bond donors (Lipinski definition) is 0. The van der Waals surface area contributed by atoms with Gasteiger partial charge in [0, 0.05) is 31.8 Å². The standard InChI is InChI=1S/C15H15N3O4S/c1-17(2)23(22,14-10-8-13(9-11-14)18(20)21)16-15(19)12-6-4-3-5-7-12/h3-11H,1-2H3. The van der Waals surface area contributed by atoms with Crippen molar-refractivity contribution in [2.24, 2.45) is 4.36 Å². The summed E-state index contributed by atoms with van der Waals surface area (Å²) in [6.45, 7) is 0. The van der Waals surface area contributed by atoms with E-state index in [1.54, 1.807) is 30.3 Å². The maximum absolute atomic E-state index is 13.1. The van der Waals surface area contributed by atoms with Crippen molar-refractivity contribution in [1.82, 2.24) is 4.31 Å². The number of hydrogen-bond acceptors (Lipinski definition) is 4. The molecule has 0 radical (unpaired) electrons. The average molecular weight is 333 g/mol. The van der Waals surface area contributed by atoms with E-state index in [2.05, 4.69) is 4.36 Å². The Morgan fingerprint density at radius 2 is 1.65 bits per heavy atom. The molecule has 2 aromatic rings. The number of carbonyl (C=O) groups is 1. The average Bonchev–Trinajstić information content (AvgIpc) is 2.55. The van der Waals surface area contributed by atoms with E-state index in [0.717, 1.165) is 0 Å². The van der Waals surface area contributed by atoms with Gasteiger partial charge in [-0.15, -0.1) is 4.36 Å². The highest BCUT2D eigenvalue weighted by Gasteiger charge is 2.20. The third-order valence-corrected chi connectivity index (χ3v) is 5.37. The van der Waals surface area contributed by atoms with Gasteiger partial charge in [0.2, 0.25) is 0 Å². The van der Waals surface area contributed by atoms with Gasteiger partial charge in [0.1, 0.15) is 9.92 Å². The minimum atomic E-state index is -3.19. The van der Waals surface area contributed by atoms with Gasteiger partial charge in [-0.05, 0) is 24.3 Å². The highest BCUT2D eigenvalue weighted by Crippen LogP contribution is 2.21. The first-order valence-electron chi connectivity index (χ1n) is 6.63. The molecule has 1 unspecified atom stereocenters. The van der Waals surface area contributed by atoms with Crippen LogP contribution in [-0.4, -0.2) is 33.4 Å². The molecule has 0 saturated carbocycles. The first kappa shape index (κ1) is 16.8. The van der Waals surface area contributed by atoms with Gasteiger partial charge in [-0.1, -0.05) is 18.2 Å². The molecule has 0 fully saturated rings. The molecule has 8 heteroatoms. The van der Waals surface area contributed by atoms with Crippen LogP contribution in [0.3, 0.4) is 0 Å². The number of nitro benzene ring substituents is 1. The van der Waals surface area contributed by atoms with Gasteiger partial charge in [0.15, 0.2) is 0 Å². The van der Waals surface area contributed by atoms with E-state index < -0.39 is 20.7 Å². The van der Waals surface area contributed by atoms with E-state index in [9.17, 15) is 19.1 Å². The molecule has 120 valence electrons. The first-order valence-corrected chi connectivity index (χ1v) is 8.10. The van der Waals surface area contributed by atoms with Gasteiger partial charge in [0.25, 0.3) is 11.6 Å². The second kappa shape index (κ2) is 6.67. The molecular formula is C15H15N3O4S. The second-order valence-electron chi connectivity index (χ2n) is 4.82. The van der Waals surface area contributed by atoms with E-state index in [4.69, 9.17) is 0 Å². The van der Waals surface area contributed by atoms with Crippen LogP contribution in [0.5, 0.6) is 0 Å². The Bertz CT molecular complexity index is 839. The van der Waals surface area contributed by atoms with Crippen LogP contribution in [0.15, 0.2) is 63.9 Å². The summed E-state index contributed by atoms with van der Waals surface area (Å²) in [4.78, 5) is 22.6. The minimum Gasteiger partial charge on any atom is -0.266 e. The van der Waals surface area contributed by atoms with Crippen LogP contribution in [0, 0.1) is 10.1 Å². The monoisotopic (exact) mass is 333 g/mol. The van der Waals surface area contributed by atoms with Gasteiger partial charge in [-0.2, -0.15) is 0 Å². The predicted molar refractivity (Wildman–Crippen MR) is 86.4 cm³/mol. The molecule has 0 aromatic heterocycles. The summed E-state index contributed by atoms with van der Waals surface area (Å²) in [5.41, 5.74) is 0.202. The molecular weight excluding hydrogens is 318 g/mol. The number of amides is 1. The largest absolute Gasteiger partial charge is 0.286 e. The smallest absolute Gasteiger partial charge is 0.266 e. The highest BCUT2D eigenvalue weighted by molar-refractivity contribution is 7.91. The number of carbonyl (C=O) groups excluding carboxylic acids is 1. The van der Waals surface area contributed by atoms with E-state index in [0.29, 0.717) is 5.56 Å². The fraction of sp³-hybridized carbons (Fsp3) is 0.133. The number of nitro groups is 1. The maximum Gasteiger partial charge on any atom is 0.286 e. The van der Waals surface area contributed by atoms with E-state index in [1.165, 1.54) is 42.7 Å². The van der Waals surface area contributed by atoms with Crippen LogP contribution in [-0.2, 0) is 9.92 Å². The van der Waals surface area contributed by atoms with Crippen molar-refractivity contribution in [3.63, 3.8) is 0 Å². The van der Waals surface area contributed by atoms with Crippen molar-refractivity contribution in [2.75, 3.05) is 14.1 Å². The lowest BCUT2D eigenvalue weighted by Crippen LogP contribution is -2.23. The molecule has 0 N–H and O–H groups in total. The van der Waals surface area contributed by atoms with Crippen molar-refractivity contribution in [2.45, 2.75) is 4.90 Å². The molecule has 7 nitrogen and oxygen atoms in total. The lowest BCUT2D eigenvalue weighted by Gasteiger charge is -2.16. The summed E-state index contributed by atoms with van der Waals surface area (Å²) in [5.74, 6) is -0.609. The normalized spacial score (nSPS) is 13.3. The Kier molecular flexibility index (Phi) is 4.87. The molecule has 0 heterocycles. The summed E-state index contributed by atoms with van der Waals surface area (Å²) in [6.07, 6.45) is 0. The van der Waals surface area contributed by atoms with Crippen LogP contribution in [0.1, 0.15) is 10.4 Å². The number of non-ortho nitro benzene ring substituents is 1. The highest BCUT2D eigenvalue weighted by atomic mass is 32.2. The lowest BCUT2D eigenvalue weighted by molar-refractivity contribution is -0.384. The Balaban J connectivity index is 2.51. The Morgan fingerprint density at radius 3 is 2.13 bits per heavy atom. The van der Waals surface area contributed by atoms with Gasteiger partial charge in [0.05, 0.1) is 9.82 Å². The Hall–Kier alpha value is -2.58. The van der Waals surface area contributed by atoms with Crippen LogP contribution >= 0.6 is 0 Å². The molecule has 2 rings (SSSR count). The Labute approximate surface area is 134 Å². The summed E-state index contributed by atoms with van der Waals surface area (Å²) < 4.78 is 18.3. The summed E-state index contributed by atoms with van der Waals surface area (Å²) in [6, 6.07) is 13.5. The zero-order valence-corrected chi connectivity index (χ0v) is 13.4. The molecule has 1 atom stereocenters. The Morgan fingerprint density at radius 1 is 1.09 bits per heavy atom. The number of benzene rings is 2. The molecule has 0 spiro atoms. The second-order valence-corrected chi connectivity index (χ2v) is 7.20. The zero-order chi connectivity index (χ0) is 17.0. The molecule has 0 aliphatic carbocycles. The molecule has 0 aliphatic rings. The predicted octanol–water partition coefficient (Wildman–Crippen LogP) is 2.74. The molecule has 0 aliphatic heterocycles. The van der Waals surface area contributed by atoms with Gasteiger partial charge < -0.3 is 0 Å². The van der Waals surface area contributed by atoms with Crippen LogP contribution in [0.25, 0.3) is 0 Å². The summed E-state index contributed by atoms with van der Waals surface area (Å²) in [5, 5.41) is 10.7. The topological polar surface area (TPSA) is 92.9 Å². The van der Waals surface area contributed by atoms with Crippen molar-refractivity contribution in [3.8, 4) is 0 Å². The molecule has 1 amide bonds. The fourth-order valence-electron chi connectivity index (χ4n) is 1.84. The fourth-order valence-corrected chi connectivity index (χ4v) is 3.35. The van der Waals surface area contributed by atoms with E-state index in [-0.39, 0.29) is 10.6 Å². The van der Waals surface area contributed by atoms with Gasteiger partial charge in [-0.25, -0.2) is 8.51 Å². The van der Waals surface area contributed by atoms with Crippen LogP contribution < -0.4 is 0 Å². The quantitative estimate of drug-likeness (QED) is 0.635. The third kappa shape index (κ3) is 3.61. The number of rotatable bonds is 4. The molecule has 2 aromatic carbocycles. The molecule has 23 heavy (non-hydrogen) atoms. The van der Waals surface area contributed by atoms with Crippen LogP contribution in [0.4, 0.5) is 5.69 Å². The molecule has 0 saturated heterocycles. The SMILES string of the molecule is CN(C)S(=O)(=NC(=O)c1ccccc1)c1ccc([N+](=O)[O-])cc1. The van der Waals surface area contributed by atoms with Crippen molar-refractivity contribution in [1.29, 1.82) is 0 Å². The van der Waals surface area contributed by atoms with Crippen molar-refractivity contribution >= 4 is 21.5 Å². The van der Waals surface area contributed by atoms with Crippen molar-refractivity contribution in [3.05, 3.63) is 70.3 Å². The van der Waals surface area contributed by atoms with Gasteiger partial charge in [-0.3, -0.25) is 14.9 Å². The van der Waals surface area contributed by atoms with E-state index >= 15 is 0 Å². The van der Waals surface area contributed by atoms with Gasteiger partial charge >= 0.3 is 0 Å². The summed E-state index contributed by atoms with van der Waals surface area (Å²) >= 11 is 0. The lowest BCUT2D eigenvalue weighted by atomic mass is 10.2. The zero-order valence-electron chi connectivity index (χ0n) is 12.6.